The Morgan fingerprint density at radius 3 is 2.69 bits per heavy atom. The summed E-state index contributed by atoms with van der Waals surface area (Å²) in [7, 11) is 1.65. The van der Waals surface area contributed by atoms with Crippen molar-refractivity contribution in [3.63, 3.8) is 0 Å². The van der Waals surface area contributed by atoms with E-state index in [0.29, 0.717) is 5.69 Å². The molecule has 0 aliphatic carbocycles. The monoisotopic (exact) mass is 182 g/mol. The predicted molar refractivity (Wildman–Crippen MR) is 44.4 cm³/mol. The molecule has 1 heterocycles. The van der Waals surface area contributed by atoms with E-state index in [1.165, 1.54) is 10.9 Å². The fourth-order valence-electron chi connectivity index (χ4n) is 0.996. The van der Waals surface area contributed by atoms with Crippen LogP contribution in [-0.4, -0.2) is 26.6 Å². The molecule has 0 aliphatic rings. The number of carboxylic acid groups (broad SMARTS) is 1. The van der Waals surface area contributed by atoms with Gasteiger partial charge in [0.25, 0.3) is 0 Å². The molecule has 0 radical (unpaired) electrons. The average molecular weight is 182 g/mol. The Balaban J connectivity index is 2.59. The lowest BCUT2D eigenvalue weighted by Crippen LogP contribution is -2.08. The number of carboxylic acids is 1. The van der Waals surface area contributed by atoms with E-state index in [4.69, 9.17) is 5.11 Å². The number of Topliss-reactive ketones (excluding diaryl/α,β-unsaturated/α-hetero) is 1. The number of aryl methyl sites for hydroxylation is 1. The molecule has 5 heteroatoms. The highest BCUT2D eigenvalue weighted by Gasteiger charge is 2.11. The highest BCUT2D eigenvalue weighted by Crippen LogP contribution is 2.03. The molecule has 1 rings (SSSR count). The summed E-state index contributed by atoms with van der Waals surface area (Å²) in [5.74, 6) is -1.15. The highest BCUT2D eigenvalue weighted by atomic mass is 16.4. The molecule has 0 amide bonds. The Bertz CT molecular complexity index is 330. The van der Waals surface area contributed by atoms with Crippen LogP contribution in [0.25, 0.3) is 0 Å². The summed E-state index contributed by atoms with van der Waals surface area (Å²) < 4.78 is 1.43. The number of hydrogen-bond acceptors (Lipinski definition) is 3. The van der Waals surface area contributed by atoms with Crippen LogP contribution in [0.5, 0.6) is 0 Å². The molecule has 70 valence electrons. The van der Waals surface area contributed by atoms with Crippen LogP contribution >= 0.6 is 0 Å². The second-order valence-corrected chi connectivity index (χ2v) is 2.66. The maximum atomic E-state index is 11.3. The molecule has 0 unspecified atom stereocenters. The van der Waals surface area contributed by atoms with Crippen LogP contribution in [0.1, 0.15) is 23.3 Å². The molecule has 0 saturated heterocycles. The molecule has 1 aromatic heterocycles. The van der Waals surface area contributed by atoms with Crippen molar-refractivity contribution in [2.24, 2.45) is 7.05 Å². The van der Waals surface area contributed by atoms with Crippen molar-refractivity contribution in [2.45, 2.75) is 12.8 Å². The second-order valence-electron chi connectivity index (χ2n) is 2.66. The molecule has 13 heavy (non-hydrogen) atoms. The van der Waals surface area contributed by atoms with Gasteiger partial charge in [0.2, 0.25) is 0 Å². The van der Waals surface area contributed by atoms with Gasteiger partial charge in [-0.1, -0.05) is 0 Å². The van der Waals surface area contributed by atoms with E-state index < -0.39 is 5.97 Å². The summed E-state index contributed by atoms with van der Waals surface area (Å²) in [6, 6.07) is 1.57. The number of aliphatic carboxylic acids is 1. The van der Waals surface area contributed by atoms with Crippen LogP contribution < -0.4 is 0 Å². The first kappa shape index (κ1) is 9.44. The molecular formula is C8H10N2O3. The first-order valence-corrected chi connectivity index (χ1v) is 3.84. The molecule has 1 N–H and O–H groups in total. The third kappa shape index (κ3) is 2.40. The minimum atomic E-state index is -0.962. The van der Waals surface area contributed by atoms with Crippen LogP contribution in [0.15, 0.2) is 12.3 Å². The van der Waals surface area contributed by atoms with E-state index in [1.54, 1.807) is 13.1 Å². The maximum absolute atomic E-state index is 11.3. The Morgan fingerprint density at radius 1 is 1.54 bits per heavy atom. The van der Waals surface area contributed by atoms with Crippen molar-refractivity contribution in [1.82, 2.24) is 9.78 Å². The largest absolute Gasteiger partial charge is 0.481 e. The molecule has 0 fully saturated rings. The van der Waals surface area contributed by atoms with Gasteiger partial charge in [0.15, 0.2) is 5.78 Å². The van der Waals surface area contributed by atoms with Gasteiger partial charge in [-0.3, -0.25) is 14.3 Å². The predicted octanol–water partition coefficient (Wildman–Crippen LogP) is 0.468. The van der Waals surface area contributed by atoms with E-state index in [0.717, 1.165) is 0 Å². The van der Waals surface area contributed by atoms with Crippen molar-refractivity contribution in [3.8, 4) is 0 Å². The van der Waals surface area contributed by atoms with E-state index >= 15 is 0 Å². The van der Waals surface area contributed by atoms with Gasteiger partial charge in [0.05, 0.1) is 6.42 Å². The van der Waals surface area contributed by atoms with Gasteiger partial charge >= 0.3 is 5.97 Å². The molecule has 0 bridgehead atoms. The van der Waals surface area contributed by atoms with Crippen LogP contribution in [0, 0.1) is 0 Å². The Kier molecular flexibility index (Phi) is 2.79. The third-order valence-electron chi connectivity index (χ3n) is 1.67. The summed E-state index contributed by atoms with van der Waals surface area (Å²) in [6.45, 7) is 0. The molecule has 0 atom stereocenters. The normalized spacial score (nSPS) is 9.92. The van der Waals surface area contributed by atoms with Crippen molar-refractivity contribution in [2.75, 3.05) is 0 Å². The molecule has 0 aliphatic heterocycles. The van der Waals surface area contributed by atoms with Crippen molar-refractivity contribution in [1.29, 1.82) is 0 Å². The third-order valence-corrected chi connectivity index (χ3v) is 1.67. The molecule has 0 spiro atoms. The molecular weight excluding hydrogens is 172 g/mol. The van der Waals surface area contributed by atoms with Gasteiger partial charge in [-0.2, -0.15) is 5.10 Å². The fraction of sp³-hybridized carbons (Fsp3) is 0.375. The summed E-state index contributed by atoms with van der Waals surface area (Å²) in [5, 5.41) is 12.2. The number of ketones is 1. The van der Waals surface area contributed by atoms with E-state index in [1.807, 2.05) is 0 Å². The first-order valence-electron chi connectivity index (χ1n) is 3.84. The Labute approximate surface area is 75.0 Å². The zero-order valence-corrected chi connectivity index (χ0v) is 7.23. The van der Waals surface area contributed by atoms with Gasteiger partial charge in [0, 0.05) is 19.7 Å². The van der Waals surface area contributed by atoms with Crippen molar-refractivity contribution in [3.05, 3.63) is 18.0 Å². The second kappa shape index (κ2) is 3.84. The number of carbonyl (C=O) groups excluding carboxylic acids is 1. The maximum Gasteiger partial charge on any atom is 0.303 e. The van der Waals surface area contributed by atoms with Crippen molar-refractivity contribution >= 4 is 11.8 Å². The highest BCUT2D eigenvalue weighted by molar-refractivity contribution is 5.95. The lowest BCUT2D eigenvalue weighted by Gasteiger charge is -1.98. The van der Waals surface area contributed by atoms with Gasteiger partial charge in [0.1, 0.15) is 5.69 Å². The summed E-state index contributed by atoms with van der Waals surface area (Å²) in [4.78, 5) is 21.5. The fourth-order valence-corrected chi connectivity index (χ4v) is 0.996. The lowest BCUT2D eigenvalue weighted by atomic mass is 10.2. The number of nitrogens with zero attached hydrogens (tertiary/aromatic N) is 2. The van der Waals surface area contributed by atoms with Gasteiger partial charge in [-0.15, -0.1) is 0 Å². The SMILES string of the molecule is Cn1nccc1C(=O)CCC(=O)O. The number of hydrogen-bond donors (Lipinski definition) is 1. The van der Waals surface area contributed by atoms with Gasteiger partial charge in [-0.05, 0) is 6.07 Å². The average Bonchev–Trinajstić information content (AvgIpc) is 2.47. The molecule has 0 aromatic carbocycles. The smallest absolute Gasteiger partial charge is 0.303 e. The minimum Gasteiger partial charge on any atom is -0.481 e. The quantitative estimate of drug-likeness (QED) is 0.687. The van der Waals surface area contributed by atoms with E-state index in [2.05, 4.69) is 5.10 Å². The molecule has 5 nitrogen and oxygen atoms in total. The summed E-state index contributed by atoms with van der Waals surface area (Å²) in [6.07, 6.45) is 1.40. The Morgan fingerprint density at radius 2 is 2.23 bits per heavy atom. The van der Waals surface area contributed by atoms with Crippen molar-refractivity contribution < 1.29 is 14.7 Å². The number of carbonyl (C=O) groups is 2. The van der Waals surface area contributed by atoms with Gasteiger partial charge in [-0.25, -0.2) is 0 Å². The zero-order chi connectivity index (χ0) is 9.84. The molecule has 0 saturated carbocycles. The lowest BCUT2D eigenvalue weighted by molar-refractivity contribution is -0.136. The topological polar surface area (TPSA) is 72.2 Å². The van der Waals surface area contributed by atoms with Crippen LogP contribution in [-0.2, 0) is 11.8 Å². The van der Waals surface area contributed by atoms with Crippen LogP contribution in [0.3, 0.4) is 0 Å². The van der Waals surface area contributed by atoms with Crippen LogP contribution in [0.2, 0.25) is 0 Å². The van der Waals surface area contributed by atoms with Crippen LogP contribution in [0.4, 0.5) is 0 Å². The standard InChI is InChI=1S/C8H10N2O3/c1-10-6(4-5-9-10)7(11)2-3-8(12)13/h4-5H,2-3H2,1H3,(H,12,13). The van der Waals surface area contributed by atoms with Gasteiger partial charge < -0.3 is 5.11 Å². The zero-order valence-electron chi connectivity index (χ0n) is 7.23. The minimum absolute atomic E-state index is 0.0227. The Hall–Kier alpha value is -1.65. The summed E-state index contributed by atoms with van der Waals surface area (Å²) in [5.41, 5.74) is 0.446. The molecule has 1 aromatic rings. The first-order chi connectivity index (χ1) is 6.11. The summed E-state index contributed by atoms with van der Waals surface area (Å²) >= 11 is 0. The number of rotatable bonds is 4. The van der Waals surface area contributed by atoms with E-state index in [9.17, 15) is 9.59 Å². The number of aromatic nitrogens is 2. The van der Waals surface area contributed by atoms with E-state index in [-0.39, 0.29) is 18.6 Å².